The number of nitrogens with zero attached hydrogens (tertiary/aromatic N) is 1. The van der Waals surface area contributed by atoms with Crippen molar-refractivity contribution < 1.29 is 18.0 Å². The zero-order valence-corrected chi connectivity index (χ0v) is 11.9. The van der Waals surface area contributed by atoms with Crippen LogP contribution in [0.2, 0.25) is 0 Å². The Bertz CT molecular complexity index is 476. The Balaban J connectivity index is 1.85. The van der Waals surface area contributed by atoms with E-state index in [-0.39, 0.29) is 12.1 Å². The fraction of sp³-hybridized carbons (Fsp3) is 0.533. The molecule has 1 fully saturated rings. The van der Waals surface area contributed by atoms with Crippen molar-refractivity contribution in [2.24, 2.45) is 0 Å². The van der Waals surface area contributed by atoms with Gasteiger partial charge in [-0.1, -0.05) is 30.3 Å². The smallest absolute Gasteiger partial charge is 0.352 e. The first-order chi connectivity index (χ1) is 9.85. The molecule has 2 rings (SSSR count). The first-order valence-corrected chi connectivity index (χ1v) is 7.00. The van der Waals surface area contributed by atoms with E-state index in [2.05, 4.69) is 17.1 Å². The highest BCUT2D eigenvalue weighted by Crippen LogP contribution is 2.25. The Morgan fingerprint density at radius 3 is 2.67 bits per heavy atom. The standard InChI is InChI=1S/C15H19F3N2O/c1-11(12-5-3-2-4-6-12)20-8-7-13(10-20)19-14(21)9-15(16,17)18/h2-6,11,13H,7-10H2,1H3,(H,19,21)/t11-,13+/m1/s1. The average Bonchev–Trinajstić information content (AvgIpc) is 2.85. The van der Waals surface area contributed by atoms with Crippen molar-refractivity contribution in [2.75, 3.05) is 13.1 Å². The number of amides is 1. The third-order valence-electron chi connectivity index (χ3n) is 3.78. The van der Waals surface area contributed by atoms with Gasteiger partial charge >= 0.3 is 6.18 Å². The molecular formula is C15H19F3N2O. The monoisotopic (exact) mass is 300 g/mol. The molecule has 3 nitrogen and oxygen atoms in total. The van der Waals surface area contributed by atoms with Crippen LogP contribution in [0.5, 0.6) is 0 Å². The SMILES string of the molecule is C[C@H](c1ccccc1)N1CC[C@H](NC(=O)CC(F)(F)F)C1. The van der Waals surface area contributed by atoms with Crippen molar-refractivity contribution in [2.45, 2.75) is 38.0 Å². The molecule has 1 saturated heterocycles. The molecule has 0 unspecified atom stereocenters. The first-order valence-electron chi connectivity index (χ1n) is 7.00. The Morgan fingerprint density at radius 2 is 2.05 bits per heavy atom. The topological polar surface area (TPSA) is 32.3 Å². The minimum absolute atomic E-state index is 0.190. The molecule has 1 aromatic carbocycles. The van der Waals surface area contributed by atoms with Crippen LogP contribution >= 0.6 is 0 Å². The maximum atomic E-state index is 12.1. The minimum Gasteiger partial charge on any atom is -0.352 e. The molecule has 116 valence electrons. The van der Waals surface area contributed by atoms with Crippen LogP contribution in [0.4, 0.5) is 13.2 Å². The van der Waals surface area contributed by atoms with Crippen LogP contribution < -0.4 is 5.32 Å². The molecular weight excluding hydrogens is 281 g/mol. The molecule has 1 heterocycles. The summed E-state index contributed by atoms with van der Waals surface area (Å²) in [6, 6.07) is 9.91. The molecule has 0 saturated carbocycles. The lowest BCUT2D eigenvalue weighted by molar-refractivity contribution is -0.154. The van der Waals surface area contributed by atoms with Crippen molar-refractivity contribution in [3.63, 3.8) is 0 Å². The summed E-state index contributed by atoms with van der Waals surface area (Å²) >= 11 is 0. The largest absolute Gasteiger partial charge is 0.397 e. The van der Waals surface area contributed by atoms with Crippen molar-refractivity contribution in [1.29, 1.82) is 0 Å². The number of nitrogens with one attached hydrogen (secondary N) is 1. The fourth-order valence-electron chi connectivity index (χ4n) is 2.66. The average molecular weight is 300 g/mol. The number of likely N-dealkylation sites (tertiary alicyclic amines) is 1. The minimum atomic E-state index is -4.44. The van der Waals surface area contributed by atoms with Crippen LogP contribution in [-0.2, 0) is 4.79 Å². The van der Waals surface area contributed by atoms with Gasteiger partial charge < -0.3 is 5.32 Å². The van der Waals surface area contributed by atoms with Crippen LogP contribution in [0.1, 0.15) is 31.4 Å². The van der Waals surface area contributed by atoms with Gasteiger partial charge in [0.1, 0.15) is 6.42 Å². The molecule has 21 heavy (non-hydrogen) atoms. The Hall–Kier alpha value is -1.56. The predicted octanol–water partition coefficient (Wildman–Crippen LogP) is 2.89. The third kappa shape index (κ3) is 4.74. The van der Waals surface area contributed by atoms with Crippen molar-refractivity contribution >= 4 is 5.91 Å². The van der Waals surface area contributed by atoms with Crippen LogP contribution in [0.25, 0.3) is 0 Å². The summed E-state index contributed by atoms with van der Waals surface area (Å²) in [5.41, 5.74) is 1.17. The summed E-state index contributed by atoms with van der Waals surface area (Å²) in [6.45, 7) is 3.42. The van der Waals surface area contributed by atoms with Gasteiger partial charge in [-0.05, 0) is 18.9 Å². The first kappa shape index (κ1) is 15.8. The number of rotatable bonds is 4. The van der Waals surface area contributed by atoms with Crippen LogP contribution in [0.15, 0.2) is 30.3 Å². The van der Waals surface area contributed by atoms with Crippen LogP contribution in [0, 0.1) is 0 Å². The number of halogens is 3. The second-order valence-corrected chi connectivity index (χ2v) is 5.43. The Morgan fingerprint density at radius 1 is 1.38 bits per heavy atom. The zero-order valence-electron chi connectivity index (χ0n) is 11.9. The van der Waals surface area contributed by atoms with E-state index in [0.29, 0.717) is 13.0 Å². The number of alkyl halides is 3. The van der Waals surface area contributed by atoms with Gasteiger partial charge in [-0.15, -0.1) is 0 Å². The number of carbonyl (C=O) groups is 1. The lowest BCUT2D eigenvalue weighted by Crippen LogP contribution is -2.39. The Labute approximate surface area is 122 Å². The zero-order chi connectivity index (χ0) is 15.5. The molecule has 1 aromatic rings. The van der Waals surface area contributed by atoms with E-state index < -0.39 is 18.5 Å². The van der Waals surface area contributed by atoms with Gasteiger partial charge in [0.05, 0.1) is 0 Å². The molecule has 1 N–H and O–H groups in total. The fourth-order valence-corrected chi connectivity index (χ4v) is 2.66. The van der Waals surface area contributed by atoms with Crippen molar-refractivity contribution in [3.8, 4) is 0 Å². The van der Waals surface area contributed by atoms with Crippen LogP contribution in [-0.4, -0.2) is 36.1 Å². The summed E-state index contributed by atoms with van der Waals surface area (Å²) in [7, 11) is 0. The van der Waals surface area contributed by atoms with E-state index in [1.807, 2.05) is 30.3 Å². The second kappa shape index (κ2) is 6.47. The van der Waals surface area contributed by atoms with E-state index in [4.69, 9.17) is 0 Å². The highest BCUT2D eigenvalue weighted by atomic mass is 19.4. The van der Waals surface area contributed by atoms with Gasteiger partial charge in [0.25, 0.3) is 0 Å². The quantitative estimate of drug-likeness (QED) is 0.927. The van der Waals surface area contributed by atoms with E-state index in [0.717, 1.165) is 6.54 Å². The molecule has 1 aliphatic heterocycles. The summed E-state index contributed by atoms with van der Waals surface area (Å²) in [5.74, 6) is -0.943. The van der Waals surface area contributed by atoms with E-state index in [1.54, 1.807) is 0 Å². The molecule has 2 atom stereocenters. The van der Waals surface area contributed by atoms with E-state index in [1.165, 1.54) is 5.56 Å². The number of hydrogen-bond donors (Lipinski definition) is 1. The summed E-state index contributed by atoms with van der Waals surface area (Å²) in [6.07, 6.45) is -5.17. The van der Waals surface area contributed by atoms with Gasteiger partial charge in [0, 0.05) is 25.2 Å². The van der Waals surface area contributed by atoms with Gasteiger partial charge in [-0.25, -0.2) is 0 Å². The Kier molecular flexibility index (Phi) is 4.88. The number of benzene rings is 1. The van der Waals surface area contributed by atoms with Gasteiger partial charge in [-0.3, -0.25) is 9.69 Å². The second-order valence-electron chi connectivity index (χ2n) is 5.43. The number of hydrogen-bond acceptors (Lipinski definition) is 2. The predicted molar refractivity (Wildman–Crippen MR) is 73.6 cm³/mol. The van der Waals surface area contributed by atoms with E-state index in [9.17, 15) is 18.0 Å². The van der Waals surface area contributed by atoms with Gasteiger partial charge in [0.2, 0.25) is 5.91 Å². The van der Waals surface area contributed by atoms with Gasteiger partial charge in [-0.2, -0.15) is 13.2 Å². The molecule has 1 amide bonds. The number of carbonyl (C=O) groups excluding carboxylic acids is 1. The summed E-state index contributed by atoms with van der Waals surface area (Å²) in [4.78, 5) is 13.5. The molecule has 0 aromatic heterocycles. The molecule has 1 aliphatic rings. The molecule has 6 heteroatoms. The van der Waals surface area contributed by atoms with Crippen molar-refractivity contribution in [1.82, 2.24) is 10.2 Å². The lowest BCUT2D eigenvalue weighted by atomic mass is 10.1. The lowest BCUT2D eigenvalue weighted by Gasteiger charge is -2.24. The highest BCUT2D eigenvalue weighted by molar-refractivity contribution is 5.76. The molecule has 0 spiro atoms. The highest BCUT2D eigenvalue weighted by Gasteiger charge is 2.33. The third-order valence-corrected chi connectivity index (χ3v) is 3.78. The van der Waals surface area contributed by atoms with E-state index >= 15 is 0 Å². The van der Waals surface area contributed by atoms with Crippen LogP contribution in [0.3, 0.4) is 0 Å². The maximum absolute atomic E-state index is 12.1. The normalized spacial score (nSPS) is 21.2. The molecule has 0 aliphatic carbocycles. The summed E-state index contributed by atoms with van der Waals surface area (Å²) in [5, 5.41) is 2.47. The molecule has 0 bridgehead atoms. The maximum Gasteiger partial charge on any atom is 0.397 e. The molecule has 0 radical (unpaired) electrons. The summed E-state index contributed by atoms with van der Waals surface area (Å²) < 4.78 is 36.4. The van der Waals surface area contributed by atoms with Gasteiger partial charge in [0.15, 0.2) is 0 Å². The van der Waals surface area contributed by atoms with Crippen molar-refractivity contribution in [3.05, 3.63) is 35.9 Å².